The molecule has 6 heteroatoms. The van der Waals surface area contributed by atoms with Gasteiger partial charge in [-0.3, -0.25) is 14.9 Å². The van der Waals surface area contributed by atoms with Gasteiger partial charge in [0.1, 0.15) is 5.82 Å². The number of nitrogens with one attached hydrogen (secondary N) is 1. The van der Waals surface area contributed by atoms with Gasteiger partial charge >= 0.3 is 0 Å². The summed E-state index contributed by atoms with van der Waals surface area (Å²) >= 11 is 0. The summed E-state index contributed by atoms with van der Waals surface area (Å²) in [7, 11) is 0. The second kappa shape index (κ2) is 6.03. The van der Waals surface area contributed by atoms with Crippen LogP contribution in [0.2, 0.25) is 0 Å². The molecule has 1 N–H and O–H groups in total. The number of hydrogen-bond acceptors (Lipinski definition) is 3. The molecule has 0 aromatic heterocycles. The van der Waals surface area contributed by atoms with E-state index in [2.05, 4.69) is 5.32 Å². The van der Waals surface area contributed by atoms with Crippen LogP contribution in [0.1, 0.15) is 30.9 Å². The van der Waals surface area contributed by atoms with Crippen LogP contribution in [0, 0.1) is 15.9 Å². The Morgan fingerprint density at radius 3 is 2.62 bits per heavy atom. The predicted molar refractivity (Wildman–Crippen MR) is 88.4 cm³/mol. The van der Waals surface area contributed by atoms with Gasteiger partial charge in [-0.15, -0.1) is 0 Å². The quantitative estimate of drug-likeness (QED) is 0.667. The molecule has 1 saturated carbocycles. The van der Waals surface area contributed by atoms with Crippen molar-refractivity contribution in [2.24, 2.45) is 0 Å². The first-order valence-corrected chi connectivity index (χ1v) is 7.81. The van der Waals surface area contributed by atoms with Crippen molar-refractivity contribution in [3.8, 4) is 0 Å². The van der Waals surface area contributed by atoms with Gasteiger partial charge in [0, 0.05) is 17.3 Å². The summed E-state index contributed by atoms with van der Waals surface area (Å²) in [5, 5.41) is 13.9. The summed E-state index contributed by atoms with van der Waals surface area (Å²) in [6.45, 7) is 1.84. The molecule has 5 nitrogen and oxygen atoms in total. The summed E-state index contributed by atoms with van der Waals surface area (Å²) in [5.41, 5.74) is 0.891. The van der Waals surface area contributed by atoms with E-state index in [1.54, 1.807) is 24.3 Å². The Hall–Kier alpha value is -2.76. The Kier molecular flexibility index (Phi) is 4.05. The molecule has 1 aliphatic rings. The summed E-state index contributed by atoms with van der Waals surface area (Å²) in [6.07, 6.45) is 1.81. The van der Waals surface area contributed by atoms with Gasteiger partial charge in [-0.2, -0.15) is 0 Å². The molecule has 1 aliphatic carbocycles. The van der Waals surface area contributed by atoms with Crippen molar-refractivity contribution in [1.82, 2.24) is 0 Å². The number of rotatable bonds is 5. The van der Waals surface area contributed by atoms with Crippen LogP contribution in [0.15, 0.2) is 42.5 Å². The zero-order valence-electron chi connectivity index (χ0n) is 13.2. The highest BCUT2D eigenvalue weighted by Gasteiger charge is 2.51. The Labute approximate surface area is 138 Å². The lowest BCUT2D eigenvalue weighted by Gasteiger charge is -2.16. The summed E-state index contributed by atoms with van der Waals surface area (Å²) < 4.78 is 13.4. The van der Waals surface area contributed by atoms with Gasteiger partial charge in [0.15, 0.2) is 0 Å². The molecule has 24 heavy (non-hydrogen) atoms. The minimum Gasteiger partial charge on any atom is -0.325 e. The third-order valence-electron chi connectivity index (χ3n) is 4.48. The van der Waals surface area contributed by atoms with Gasteiger partial charge in [0.05, 0.1) is 10.3 Å². The Morgan fingerprint density at radius 1 is 1.29 bits per heavy atom. The molecule has 0 spiro atoms. The van der Waals surface area contributed by atoms with E-state index in [9.17, 15) is 19.3 Å². The van der Waals surface area contributed by atoms with E-state index >= 15 is 0 Å². The number of nitrogens with zero attached hydrogens (tertiary/aromatic N) is 1. The van der Waals surface area contributed by atoms with Crippen molar-refractivity contribution in [2.45, 2.75) is 31.6 Å². The number of nitro groups is 1. The third-order valence-corrected chi connectivity index (χ3v) is 4.48. The average Bonchev–Trinajstić information content (AvgIpc) is 3.36. The van der Waals surface area contributed by atoms with Gasteiger partial charge < -0.3 is 5.32 Å². The van der Waals surface area contributed by atoms with Crippen molar-refractivity contribution >= 4 is 17.3 Å². The number of nitro benzene ring substituents is 1. The number of amides is 1. The fourth-order valence-electron chi connectivity index (χ4n) is 2.92. The predicted octanol–water partition coefficient (Wildman–Crippen LogP) is 3.97. The van der Waals surface area contributed by atoms with Crippen LogP contribution in [0.5, 0.6) is 0 Å². The first-order valence-electron chi connectivity index (χ1n) is 7.81. The van der Waals surface area contributed by atoms with Gasteiger partial charge in [0.25, 0.3) is 5.69 Å². The first-order chi connectivity index (χ1) is 11.5. The zero-order valence-corrected chi connectivity index (χ0v) is 13.2. The highest BCUT2D eigenvalue weighted by Crippen LogP contribution is 2.49. The number of hydrogen-bond donors (Lipinski definition) is 1. The zero-order chi connectivity index (χ0) is 17.3. The minimum absolute atomic E-state index is 0.00842. The van der Waals surface area contributed by atoms with Crippen LogP contribution in [-0.4, -0.2) is 10.8 Å². The van der Waals surface area contributed by atoms with Gasteiger partial charge in [-0.25, -0.2) is 4.39 Å². The fourth-order valence-corrected chi connectivity index (χ4v) is 2.92. The highest BCUT2D eigenvalue weighted by atomic mass is 19.1. The number of aryl methyl sites for hydroxylation is 1. The topological polar surface area (TPSA) is 72.2 Å². The molecule has 0 atom stereocenters. The molecule has 1 fully saturated rings. The number of benzene rings is 2. The monoisotopic (exact) mass is 328 g/mol. The molecule has 1 amide bonds. The van der Waals surface area contributed by atoms with Crippen LogP contribution >= 0.6 is 0 Å². The van der Waals surface area contributed by atoms with Gasteiger partial charge in [-0.05, 0) is 43.0 Å². The number of anilines is 1. The number of halogens is 1. The van der Waals surface area contributed by atoms with Gasteiger partial charge in [-0.1, -0.05) is 25.1 Å². The molecule has 0 heterocycles. The van der Waals surface area contributed by atoms with Crippen LogP contribution in [0.3, 0.4) is 0 Å². The van der Waals surface area contributed by atoms with E-state index in [-0.39, 0.29) is 17.4 Å². The average molecular weight is 328 g/mol. The summed E-state index contributed by atoms with van der Waals surface area (Å²) in [4.78, 5) is 23.3. The van der Waals surface area contributed by atoms with E-state index in [1.807, 2.05) is 6.92 Å². The van der Waals surface area contributed by atoms with Crippen molar-refractivity contribution in [3.63, 3.8) is 0 Å². The SMILES string of the molecule is CCc1ccc(NC(=O)C2(c3cccc(F)c3)CC2)cc1[N+](=O)[O-]. The van der Waals surface area contributed by atoms with E-state index in [0.717, 1.165) is 0 Å². The highest BCUT2D eigenvalue weighted by molar-refractivity contribution is 6.01. The molecular weight excluding hydrogens is 311 g/mol. The fraction of sp³-hybridized carbons (Fsp3) is 0.278. The Bertz CT molecular complexity index is 816. The lowest BCUT2D eigenvalue weighted by atomic mass is 9.94. The maximum atomic E-state index is 13.4. The van der Waals surface area contributed by atoms with E-state index < -0.39 is 10.3 Å². The maximum absolute atomic E-state index is 13.4. The lowest BCUT2D eigenvalue weighted by molar-refractivity contribution is -0.385. The van der Waals surface area contributed by atoms with Crippen LogP contribution in [0.25, 0.3) is 0 Å². The van der Waals surface area contributed by atoms with Crippen LogP contribution in [-0.2, 0) is 16.6 Å². The summed E-state index contributed by atoms with van der Waals surface area (Å²) in [5.74, 6) is -0.638. The standard InChI is InChI=1S/C18H17FN2O3/c1-2-12-6-7-15(11-16(12)21(23)24)20-17(22)18(8-9-18)13-4-3-5-14(19)10-13/h3-7,10-11H,2,8-9H2,1H3,(H,20,22). The molecule has 124 valence electrons. The Balaban J connectivity index is 1.85. The number of carbonyl (C=O) groups is 1. The van der Waals surface area contributed by atoms with Gasteiger partial charge in [0.2, 0.25) is 5.91 Å². The van der Waals surface area contributed by atoms with Crippen LogP contribution in [0.4, 0.5) is 15.8 Å². The van der Waals surface area contributed by atoms with E-state index in [1.165, 1.54) is 18.2 Å². The molecule has 2 aromatic carbocycles. The Morgan fingerprint density at radius 2 is 2.04 bits per heavy atom. The van der Waals surface area contributed by atoms with Crippen molar-refractivity contribution in [1.29, 1.82) is 0 Å². The van der Waals surface area contributed by atoms with Crippen molar-refractivity contribution in [2.75, 3.05) is 5.32 Å². The molecule has 0 saturated heterocycles. The third kappa shape index (κ3) is 2.87. The van der Waals surface area contributed by atoms with E-state index in [0.29, 0.717) is 36.1 Å². The van der Waals surface area contributed by atoms with Crippen molar-refractivity contribution < 1.29 is 14.1 Å². The molecular formula is C18H17FN2O3. The molecule has 0 aliphatic heterocycles. The minimum atomic E-state index is -0.736. The van der Waals surface area contributed by atoms with Crippen LogP contribution < -0.4 is 5.32 Å². The molecule has 0 unspecified atom stereocenters. The van der Waals surface area contributed by atoms with Crippen molar-refractivity contribution in [3.05, 3.63) is 69.5 Å². The molecule has 3 rings (SSSR count). The molecule has 0 radical (unpaired) electrons. The lowest BCUT2D eigenvalue weighted by Crippen LogP contribution is -2.28. The largest absolute Gasteiger partial charge is 0.325 e. The van der Waals surface area contributed by atoms with E-state index in [4.69, 9.17) is 0 Å². The second-order valence-electron chi connectivity index (χ2n) is 6.00. The molecule has 2 aromatic rings. The molecule has 0 bridgehead atoms. The first kappa shape index (κ1) is 16.1. The second-order valence-corrected chi connectivity index (χ2v) is 6.00. The normalized spacial score (nSPS) is 14.9. The number of carbonyl (C=O) groups excluding carboxylic acids is 1. The maximum Gasteiger partial charge on any atom is 0.274 e. The summed E-state index contributed by atoms with van der Waals surface area (Å²) in [6, 6.07) is 10.7. The smallest absolute Gasteiger partial charge is 0.274 e.